The van der Waals surface area contributed by atoms with Crippen LogP contribution < -0.4 is 31.1 Å². The van der Waals surface area contributed by atoms with Gasteiger partial charge in [0, 0.05) is 25.5 Å². The van der Waals surface area contributed by atoms with Gasteiger partial charge >= 0.3 is 0 Å². The summed E-state index contributed by atoms with van der Waals surface area (Å²) in [7, 11) is 3.44. The van der Waals surface area contributed by atoms with Gasteiger partial charge in [-0.1, -0.05) is 48.0 Å². The van der Waals surface area contributed by atoms with Gasteiger partial charge in [-0.25, -0.2) is 0 Å². The maximum atomic E-state index is 12.1. The van der Waals surface area contributed by atoms with Crippen LogP contribution in [0.25, 0.3) is 0 Å². The molecule has 0 aliphatic heterocycles. The summed E-state index contributed by atoms with van der Waals surface area (Å²) in [4.78, 5) is 0. The summed E-state index contributed by atoms with van der Waals surface area (Å²) in [5.41, 5.74) is 1.80. The molecule has 0 atom stereocenters. The SMILES string of the molecule is CC/C(=C/C1=C([O-])C(CC2=C([O-])C(/C=C(/CC)NC)=C2[O-])=C1[O-])NC. The molecule has 0 unspecified atom stereocenters. The molecule has 136 valence electrons. The Morgan fingerprint density at radius 3 is 1.32 bits per heavy atom. The van der Waals surface area contributed by atoms with Crippen LogP contribution in [0.15, 0.2) is 68.9 Å². The molecule has 0 aromatic heterocycles. The molecular formula is C19H22N2O4-4. The first kappa shape index (κ1) is 18.6. The molecule has 25 heavy (non-hydrogen) atoms. The van der Waals surface area contributed by atoms with E-state index in [2.05, 4.69) is 10.6 Å². The molecule has 0 aromatic carbocycles. The van der Waals surface area contributed by atoms with E-state index in [0.717, 1.165) is 11.4 Å². The highest BCUT2D eigenvalue weighted by Gasteiger charge is 2.20. The Morgan fingerprint density at radius 2 is 1.08 bits per heavy atom. The van der Waals surface area contributed by atoms with Crippen molar-refractivity contribution in [2.24, 2.45) is 0 Å². The Bertz CT molecular complexity index is 688. The van der Waals surface area contributed by atoms with Gasteiger partial charge in [0.05, 0.1) is 0 Å². The van der Waals surface area contributed by atoms with Crippen LogP contribution in [0.5, 0.6) is 0 Å². The van der Waals surface area contributed by atoms with Gasteiger partial charge < -0.3 is 31.1 Å². The normalized spacial score (nSPS) is 18.6. The minimum absolute atomic E-state index is 0.0156. The van der Waals surface area contributed by atoms with E-state index in [1.54, 1.807) is 14.1 Å². The van der Waals surface area contributed by atoms with E-state index in [-0.39, 0.29) is 51.7 Å². The van der Waals surface area contributed by atoms with E-state index in [4.69, 9.17) is 0 Å². The minimum atomic E-state index is -0.382. The zero-order valence-electron chi connectivity index (χ0n) is 14.9. The Balaban J connectivity index is 2.15. The van der Waals surface area contributed by atoms with Crippen molar-refractivity contribution in [1.29, 1.82) is 0 Å². The van der Waals surface area contributed by atoms with E-state index in [1.807, 2.05) is 13.8 Å². The first-order valence-corrected chi connectivity index (χ1v) is 8.30. The van der Waals surface area contributed by atoms with Gasteiger partial charge in [0.25, 0.3) is 0 Å². The van der Waals surface area contributed by atoms with Crippen LogP contribution in [0, 0.1) is 0 Å². The Morgan fingerprint density at radius 1 is 0.720 bits per heavy atom. The minimum Gasteiger partial charge on any atom is -0.872 e. The van der Waals surface area contributed by atoms with Crippen molar-refractivity contribution in [2.45, 2.75) is 33.1 Å². The summed E-state index contributed by atoms with van der Waals surface area (Å²) in [5.74, 6) is -1.53. The van der Waals surface area contributed by atoms with E-state index in [0.29, 0.717) is 12.8 Å². The fraction of sp³-hybridized carbons (Fsp3) is 0.368. The molecule has 2 N–H and O–H groups in total. The maximum absolute atomic E-state index is 12.1. The van der Waals surface area contributed by atoms with Gasteiger partial charge in [-0.3, -0.25) is 0 Å². The molecule has 0 spiro atoms. The first-order valence-electron chi connectivity index (χ1n) is 8.30. The summed E-state index contributed by atoms with van der Waals surface area (Å²) >= 11 is 0. The average Bonchev–Trinajstić information content (AvgIpc) is 2.63. The van der Waals surface area contributed by atoms with E-state index < -0.39 is 0 Å². The number of allylic oxidation sites excluding steroid dienone is 6. The molecule has 2 rings (SSSR count). The second kappa shape index (κ2) is 7.42. The molecular weight excluding hydrogens is 320 g/mol. The topological polar surface area (TPSA) is 116 Å². The van der Waals surface area contributed by atoms with Crippen LogP contribution in [-0.2, 0) is 0 Å². The molecule has 6 heteroatoms. The van der Waals surface area contributed by atoms with Crippen LogP contribution >= 0.6 is 0 Å². The molecule has 0 saturated carbocycles. The van der Waals surface area contributed by atoms with Gasteiger partial charge in [-0.15, -0.1) is 0 Å². The van der Waals surface area contributed by atoms with Crippen molar-refractivity contribution >= 4 is 0 Å². The summed E-state index contributed by atoms with van der Waals surface area (Å²) < 4.78 is 0. The summed E-state index contributed by atoms with van der Waals surface area (Å²) in [5, 5.41) is 54.4. The summed E-state index contributed by atoms with van der Waals surface area (Å²) in [6.07, 6.45) is 4.22. The molecule has 0 fully saturated rings. The summed E-state index contributed by atoms with van der Waals surface area (Å²) in [6.45, 7) is 3.81. The molecule has 0 radical (unpaired) electrons. The molecule has 2 aliphatic carbocycles. The van der Waals surface area contributed by atoms with Crippen LogP contribution in [0.4, 0.5) is 0 Å². The van der Waals surface area contributed by atoms with E-state index >= 15 is 0 Å². The number of hydrogen-bond donors (Lipinski definition) is 2. The second-order valence-electron chi connectivity index (χ2n) is 5.82. The quantitative estimate of drug-likeness (QED) is 0.578. The van der Waals surface area contributed by atoms with Crippen LogP contribution in [0.1, 0.15) is 33.1 Å². The van der Waals surface area contributed by atoms with Gasteiger partial charge in [0.15, 0.2) is 0 Å². The molecule has 0 heterocycles. The maximum Gasteiger partial charge on any atom is 0.0107 e. The highest BCUT2D eigenvalue weighted by atomic mass is 16.3. The largest absolute Gasteiger partial charge is 0.872 e. The average molecular weight is 342 g/mol. The number of hydrogen-bond acceptors (Lipinski definition) is 6. The number of nitrogens with one attached hydrogen (secondary N) is 2. The lowest BCUT2D eigenvalue weighted by Gasteiger charge is -2.44. The molecule has 0 aromatic rings. The molecule has 2 aliphatic rings. The Hall–Kier alpha value is -2.76. The third-order valence-corrected chi connectivity index (χ3v) is 4.47. The second-order valence-corrected chi connectivity index (χ2v) is 5.82. The van der Waals surface area contributed by atoms with Crippen molar-refractivity contribution in [3.05, 3.63) is 68.9 Å². The monoisotopic (exact) mass is 342 g/mol. The lowest BCUT2D eigenvalue weighted by atomic mass is 9.82. The van der Waals surface area contributed by atoms with Crippen molar-refractivity contribution < 1.29 is 20.4 Å². The lowest BCUT2D eigenvalue weighted by molar-refractivity contribution is -0.334. The van der Waals surface area contributed by atoms with E-state index in [9.17, 15) is 20.4 Å². The van der Waals surface area contributed by atoms with Crippen molar-refractivity contribution in [3.8, 4) is 0 Å². The standard InChI is InChI=1S/C19H26N2O4/c1-5-10(20-3)7-12-16(22)14(17(12)23)9-15-18(24)13(19(15)25)8-11(6-2)21-4/h7-8,20-25H,5-6,9H2,1-4H3/p-4/b10-7-,11-8-. The highest BCUT2D eigenvalue weighted by Crippen LogP contribution is 2.40. The van der Waals surface area contributed by atoms with Gasteiger partial charge in [-0.05, 0) is 42.6 Å². The third-order valence-electron chi connectivity index (χ3n) is 4.47. The van der Waals surface area contributed by atoms with Gasteiger partial charge in [-0.2, -0.15) is 0 Å². The number of rotatable bonds is 8. The summed E-state index contributed by atoms with van der Waals surface area (Å²) in [6, 6.07) is 0. The van der Waals surface area contributed by atoms with Crippen molar-refractivity contribution in [1.82, 2.24) is 10.6 Å². The molecule has 6 nitrogen and oxygen atoms in total. The predicted molar refractivity (Wildman–Crippen MR) is 87.6 cm³/mol. The zero-order chi connectivity index (χ0) is 18.7. The predicted octanol–water partition coefficient (Wildman–Crippen LogP) is -1.11. The zero-order valence-corrected chi connectivity index (χ0v) is 14.9. The lowest BCUT2D eigenvalue weighted by Crippen LogP contribution is -2.33. The first-order chi connectivity index (χ1) is 11.9. The molecule has 0 saturated heterocycles. The highest BCUT2D eigenvalue weighted by molar-refractivity contribution is 5.64. The Labute approximate surface area is 147 Å². The molecule has 0 bridgehead atoms. The van der Waals surface area contributed by atoms with Gasteiger partial charge in [0.2, 0.25) is 0 Å². The van der Waals surface area contributed by atoms with Crippen LogP contribution in [0.2, 0.25) is 0 Å². The third kappa shape index (κ3) is 3.24. The van der Waals surface area contributed by atoms with E-state index in [1.165, 1.54) is 12.2 Å². The van der Waals surface area contributed by atoms with Crippen molar-refractivity contribution in [3.63, 3.8) is 0 Å². The van der Waals surface area contributed by atoms with Crippen molar-refractivity contribution in [2.75, 3.05) is 14.1 Å². The van der Waals surface area contributed by atoms with Crippen LogP contribution in [0.3, 0.4) is 0 Å². The van der Waals surface area contributed by atoms with Crippen LogP contribution in [-0.4, -0.2) is 14.1 Å². The fourth-order valence-electron chi connectivity index (χ4n) is 2.75. The van der Waals surface area contributed by atoms with Gasteiger partial charge in [0.1, 0.15) is 0 Å². The fourth-order valence-corrected chi connectivity index (χ4v) is 2.75. The smallest absolute Gasteiger partial charge is 0.0107 e. The molecule has 0 amide bonds. The Kier molecular flexibility index (Phi) is 5.51.